The molecule has 0 spiro atoms. The van der Waals surface area contributed by atoms with Crippen LogP contribution in [0.2, 0.25) is 0 Å². The molecule has 1 aliphatic heterocycles. The fraction of sp³-hybridized carbons (Fsp3) is 0.500. The molecule has 0 saturated carbocycles. The number of anilines is 1. The summed E-state index contributed by atoms with van der Waals surface area (Å²) >= 11 is 0. The minimum absolute atomic E-state index is 0.163. The zero-order valence-electron chi connectivity index (χ0n) is 14.3. The highest BCUT2D eigenvalue weighted by Crippen LogP contribution is 2.22. The number of rotatable bonds is 6. The zero-order chi connectivity index (χ0) is 16.9. The minimum atomic E-state index is -0.163. The SMILES string of the molecule is C[C@@H](NCc1ccc(N2CCOCC2)c(F)c1)[C@H](C)n1cccn1. The molecular formula is C18H25FN4O. The van der Waals surface area contributed by atoms with Crippen molar-refractivity contribution in [1.29, 1.82) is 0 Å². The lowest BCUT2D eigenvalue weighted by atomic mass is 10.1. The van der Waals surface area contributed by atoms with Crippen molar-refractivity contribution in [3.05, 3.63) is 48.0 Å². The van der Waals surface area contributed by atoms with E-state index >= 15 is 0 Å². The standard InChI is InChI=1S/C18H25FN4O/c1-14(15(2)23-7-3-6-21-23)20-13-16-4-5-18(17(19)12-16)22-8-10-24-11-9-22/h3-7,12,14-15,20H,8-11,13H2,1-2H3/t14-,15+/m1/s1. The molecule has 3 rings (SSSR count). The smallest absolute Gasteiger partial charge is 0.146 e. The lowest BCUT2D eigenvalue weighted by Crippen LogP contribution is -2.36. The van der Waals surface area contributed by atoms with Gasteiger partial charge in [-0.2, -0.15) is 5.10 Å². The van der Waals surface area contributed by atoms with Crippen LogP contribution in [0.1, 0.15) is 25.5 Å². The van der Waals surface area contributed by atoms with Gasteiger partial charge in [-0.05, 0) is 37.6 Å². The Morgan fingerprint density at radius 1 is 1.29 bits per heavy atom. The average Bonchev–Trinajstić information content (AvgIpc) is 3.14. The molecule has 2 heterocycles. The van der Waals surface area contributed by atoms with Gasteiger partial charge in [0.15, 0.2) is 0 Å². The number of hydrogen-bond donors (Lipinski definition) is 1. The highest BCUT2D eigenvalue weighted by atomic mass is 19.1. The monoisotopic (exact) mass is 332 g/mol. The molecule has 0 radical (unpaired) electrons. The second-order valence-corrected chi connectivity index (χ2v) is 6.28. The van der Waals surface area contributed by atoms with Crippen LogP contribution < -0.4 is 10.2 Å². The van der Waals surface area contributed by atoms with E-state index in [2.05, 4.69) is 24.3 Å². The summed E-state index contributed by atoms with van der Waals surface area (Å²) in [5, 5.41) is 7.72. The highest BCUT2D eigenvalue weighted by molar-refractivity contribution is 5.49. The molecule has 1 aliphatic rings. The maximum Gasteiger partial charge on any atom is 0.146 e. The highest BCUT2D eigenvalue weighted by Gasteiger charge is 2.16. The third kappa shape index (κ3) is 3.94. The number of nitrogens with one attached hydrogen (secondary N) is 1. The first-order chi connectivity index (χ1) is 11.6. The summed E-state index contributed by atoms with van der Waals surface area (Å²) in [6.45, 7) is 7.67. The summed E-state index contributed by atoms with van der Waals surface area (Å²) in [5.74, 6) is -0.163. The van der Waals surface area contributed by atoms with Crippen LogP contribution in [0, 0.1) is 5.82 Å². The van der Waals surface area contributed by atoms with E-state index in [0.29, 0.717) is 25.4 Å². The van der Waals surface area contributed by atoms with Crippen LogP contribution >= 0.6 is 0 Å². The summed E-state index contributed by atoms with van der Waals surface area (Å²) in [4.78, 5) is 2.04. The van der Waals surface area contributed by atoms with Crippen molar-refractivity contribution in [2.45, 2.75) is 32.5 Å². The van der Waals surface area contributed by atoms with Gasteiger partial charge >= 0.3 is 0 Å². The minimum Gasteiger partial charge on any atom is -0.378 e. The van der Waals surface area contributed by atoms with Crippen LogP contribution in [0.15, 0.2) is 36.7 Å². The second-order valence-electron chi connectivity index (χ2n) is 6.28. The molecule has 1 fully saturated rings. The largest absolute Gasteiger partial charge is 0.378 e. The topological polar surface area (TPSA) is 42.3 Å². The number of aromatic nitrogens is 2. The summed E-state index contributed by atoms with van der Waals surface area (Å²) < 4.78 is 21.7. The van der Waals surface area contributed by atoms with Crippen LogP contribution in [-0.2, 0) is 11.3 Å². The van der Waals surface area contributed by atoms with E-state index in [9.17, 15) is 4.39 Å². The molecule has 2 atom stereocenters. The van der Waals surface area contributed by atoms with E-state index in [4.69, 9.17) is 4.74 Å². The Hall–Kier alpha value is -1.92. The van der Waals surface area contributed by atoms with E-state index in [1.807, 2.05) is 34.0 Å². The normalized spacial score (nSPS) is 17.7. The molecule has 0 amide bonds. The fourth-order valence-corrected chi connectivity index (χ4v) is 2.92. The summed E-state index contributed by atoms with van der Waals surface area (Å²) in [5.41, 5.74) is 1.61. The molecule has 2 aromatic rings. The Morgan fingerprint density at radius 2 is 2.08 bits per heavy atom. The van der Waals surface area contributed by atoms with E-state index in [1.54, 1.807) is 12.3 Å². The van der Waals surface area contributed by atoms with Gasteiger partial charge in [-0.25, -0.2) is 4.39 Å². The lowest BCUT2D eigenvalue weighted by molar-refractivity contribution is 0.122. The van der Waals surface area contributed by atoms with Gasteiger partial charge in [-0.3, -0.25) is 4.68 Å². The van der Waals surface area contributed by atoms with Crippen molar-refractivity contribution >= 4 is 5.69 Å². The molecule has 1 aromatic heterocycles. The Kier molecular flexibility index (Phi) is 5.48. The van der Waals surface area contributed by atoms with Crippen LogP contribution in [0.4, 0.5) is 10.1 Å². The Morgan fingerprint density at radius 3 is 2.75 bits per heavy atom. The third-order valence-electron chi connectivity index (χ3n) is 4.66. The first-order valence-electron chi connectivity index (χ1n) is 8.49. The van der Waals surface area contributed by atoms with Crippen molar-refractivity contribution in [1.82, 2.24) is 15.1 Å². The predicted octanol–water partition coefficient (Wildman–Crippen LogP) is 2.60. The van der Waals surface area contributed by atoms with E-state index in [0.717, 1.165) is 18.7 Å². The van der Waals surface area contributed by atoms with Gasteiger partial charge in [0, 0.05) is 38.1 Å². The lowest BCUT2D eigenvalue weighted by Gasteiger charge is -2.29. The van der Waals surface area contributed by atoms with Crippen LogP contribution in [0.25, 0.3) is 0 Å². The van der Waals surface area contributed by atoms with Gasteiger partial charge in [-0.1, -0.05) is 6.07 Å². The number of benzene rings is 1. The zero-order valence-corrected chi connectivity index (χ0v) is 14.3. The quantitative estimate of drug-likeness (QED) is 0.883. The van der Waals surface area contributed by atoms with Gasteiger partial charge < -0.3 is 15.0 Å². The maximum absolute atomic E-state index is 14.4. The second kappa shape index (κ2) is 7.77. The Labute approximate surface area is 142 Å². The fourth-order valence-electron chi connectivity index (χ4n) is 2.92. The summed E-state index contributed by atoms with van der Waals surface area (Å²) in [7, 11) is 0. The molecule has 5 nitrogen and oxygen atoms in total. The Balaban J connectivity index is 1.58. The number of morpholine rings is 1. The van der Waals surface area contributed by atoms with Gasteiger partial charge in [0.1, 0.15) is 5.82 Å². The van der Waals surface area contributed by atoms with Gasteiger partial charge in [0.05, 0.1) is 24.9 Å². The van der Waals surface area contributed by atoms with Gasteiger partial charge in [-0.15, -0.1) is 0 Å². The van der Waals surface area contributed by atoms with E-state index < -0.39 is 0 Å². The average molecular weight is 332 g/mol. The summed E-state index contributed by atoms with van der Waals surface area (Å²) in [6, 6.07) is 7.88. The summed E-state index contributed by atoms with van der Waals surface area (Å²) in [6.07, 6.45) is 3.74. The first-order valence-corrected chi connectivity index (χ1v) is 8.49. The van der Waals surface area contributed by atoms with Crippen molar-refractivity contribution < 1.29 is 9.13 Å². The molecule has 1 aromatic carbocycles. The maximum atomic E-state index is 14.4. The first kappa shape index (κ1) is 16.9. The predicted molar refractivity (Wildman–Crippen MR) is 92.7 cm³/mol. The van der Waals surface area contributed by atoms with Gasteiger partial charge in [0.2, 0.25) is 0 Å². The van der Waals surface area contributed by atoms with Crippen molar-refractivity contribution in [2.75, 3.05) is 31.2 Å². The number of halogens is 1. The molecule has 24 heavy (non-hydrogen) atoms. The molecule has 1 N–H and O–H groups in total. The van der Waals surface area contributed by atoms with Crippen molar-refractivity contribution in [2.24, 2.45) is 0 Å². The van der Waals surface area contributed by atoms with Crippen molar-refractivity contribution in [3.8, 4) is 0 Å². The molecule has 130 valence electrons. The van der Waals surface area contributed by atoms with Gasteiger partial charge in [0.25, 0.3) is 0 Å². The van der Waals surface area contributed by atoms with E-state index in [1.165, 1.54) is 0 Å². The van der Waals surface area contributed by atoms with Crippen LogP contribution in [0.5, 0.6) is 0 Å². The molecule has 0 unspecified atom stereocenters. The Bertz CT molecular complexity index is 640. The molecular weight excluding hydrogens is 307 g/mol. The third-order valence-corrected chi connectivity index (χ3v) is 4.66. The number of hydrogen-bond acceptors (Lipinski definition) is 4. The van der Waals surface area contributed by atoms with E-state index in [-0.39, 0.29) is 17.9 Å². The molecule has 0 aliphatic carbocycles. The van der Waals surface area contributed by atoms with Crippen molar-refractivity contribution in [3.63, 3.8) is 0 Å². The van der Waals surface area contributed by atoms with Crippen LogP contribution in [-0.4, -0.2) is 42.1 Å². The number of nitrogens with zero attached hydrogens (tertiary/aromatic N) is 3. The molecule has 0 bridgehead atoms. The van der Waals surface area contributed by atoms with Crippen LogP contribution in [0.3, 0.4) is 0 Å². The molecule has 1 saturated heterocycles. The molecule has 6 heteroatoms. The number of ether oxygens (including phenoxy) is 1.